The van der Waals surface area contributed by atoms with Crippen LogP contribution in [0.15, 0.2) is 22.7 Å². The predicted molar refractivity (Wildman–Crippen MR) is 74.7 cm³/mol. The van der Waals surface area contributed by atoms with Gasteiger partial charge in [0, 0.05) is 6.04 Å². The molecule has 1 aromatic rings. The monoisotopic (exact) mass is 301 g/mol. The fourth-order valence-corrected chi connectivity index (χ4v) is 2.38. The molecule has 0 spiro atoms. The second kappa shape index (κ2) is 7.12. The van der Waals surface area contributed by atoms with Crippen molar-refractivity contribution in [2.45, 2.75) is 39.7 Å². The van der Waals surface area contributed by atoms with E-state index in [0.29, 0.717) is 16.4 Å². The summed E-state index contributed by atoms with van der Waals surface area (Å²) < 4.78 is 13.6. The van der Waals surface area contributed by atoms with Gasteiger partial charge in [0.25, 0.3) is 0 Å². The van der Waals surface area contributed by atoms with Gasteiger partial charge in [-0.1, -0.05) is 26.8 Å². The summed E-state index contributed by atoms with van der Waals surface area (Å²) in [6.45, 7) is 7.58. The lowest BCUT2D eigenvalue weighted by atomic mass is 9.96. The third-order valence-electron chi connectivity index (χ3n) is 3.00. The molecule has 0 aliphatic heterocycles. The van der Waals surface area contributed by atoms with Gasteiger partial charge in [0.2, 0.25) is 0 Å². The second-order valence-electron chi connectivity index (χ2n) is 4.70. The quantitative estimate of drug-likeness (QED) is 0.832. The third kappa shape index (κ3) is 4.76. The third-order valence-corrected chi connectivity index (χ3v) is 3.61. The number of nitrogens with one attached hydrogen (secondary N) is 1. The Hall–Kier alpha value is -0.410. The highest BCUT2D eigenvalue weighted by molar-refractivity contribution is 9.10. The van der Waals surface area contributed by atoms with Gasteiger partial charge in [-0.3, -0.25) is 0 Å². The van der Waals surface area contributed by atoms with Crippen LogP contribution in [0.25, 0.3) is 0 Å². The lowest BCUT2D eigenvalue weighted by Gasteiger charge is -2.21. The Morgan fingerprint density at radius 2 is 2.06 bits per heavy atom. The van der Waals surface area contributed by atoms with Crippen molar-refractivity contribution in [3.05, 3.63) is 34.1 Å². The first-order valence-electron chi connectivity index (χ1n) is 6.22. The highest BCUT2D eigenvalue weighted by atomic mass is 79.9. The van der Waals surface area contributed by atoms with Crippen molar-refractivity contribution in [1.82, 2.24) is 5.32 Å². The van der Waals surface area contributed by atoms with Crippen molar-refractivity contribution in [3.63, 3.8) is 0 Å². The molecule has 3 heteroatoms. The number of benzene rings is 1. The molecule has 1 nitrogen and oxygen atoms in total. The van der Waals surface area contributed by atoms with E-state index >= 15 is 0 Å². The maximum absolute atomic E-state index is 13.1. The standard InChI is InChI=1S/C14H21BrFN/c1-4-17-14(10(2)3)8-6-11-5-7-13(16)12(15)9-11/h5,7,9-10,14,17H,4,6,8H2,1-3H3. The fraction of sp³-hybridized carbons (Fsp3) is 0.571. The number of halogens is 2. The summed E-state index contributed by atoms with van der Waals surface area (Å²) in [5.74, 6) is 0.430. The van der Waals surface area contributed by atoms with Crippen LogP contribution in [-0.2, 0) is 6.42 Å². The van der Waals surface area contributed by atoms with Crippen LogP contribution in [-0.4, -0.2) is 12.6 Å². The van der Waals surface area contributed by atoms with Gasteiger partial charge in [0.05, 0.1) is 4.47 Å². The Bertz CT molecular complexity index is 352. The van der Waals surface area contributed by atoms with Gasteiger partial charge in [-0.05, 0) is 58.9 Å². The van der Waals surface area contributed by atoms with Gasteiger partial charge in [0.15, 0.2) is 0 Å². The molecule has 0 saturated heterocycles. The zero-order valence-corrected chi connectivity index (χ0v) is 12.3. The van der Waals surface area contributed by atoms with Crippen LogP contribution in [0.4, 0.5) is 4.39 Å². The summed E-state index contributed by atoms with van der Waals surface area (Å²) in [6, 6.07) is 5.79. The summed E-state index contributed by atoms with van der Waals surface area (Å²) in [6.07, 6.45) is 2.07. The minimum Gasteiger partial charge on any atom is -0.314 e. The van der Waals surface area contributed by atoms with Crippen LogP contribution in [0.5, 0.6) is 0 Å². The Morgan fingerprint density at radius 1 is 1.35 bits per heavy atom. The van der Waals surface area contributed by atoms with Gasteiger partial charge in [-0.25, -0.2) is 4.39 Å². The normalized spacial score (nSPS) is 13.1. The number of hydrogen-bond donors (Lipinski definition) is 1. The van der Waals surface area contributed by atoms with E-state index in [9.17, 15) is 4.39 Å². The molecule has 0 fully saturated rings. The molecule has 1 aromatic carbocycles. The predicted octanol–water partition coefficient (Wildman–Crippen LogP) is 4.15. The molecule has 0 radical (unpaired) electrons. The molecule has 96 valence electrons. The van der Waals surface area contributed by atoms with Crippen LogP contribution in [0.2, 0.25) is 0 Å². The molecule has 17 heavy (non-hydrogen) atoms. The van der Waals surface area contributed by atoms with Crippen LogP contribution < -0.4 is 5.32 Å². The molecular weight excluding hydrogens is 281 g/mol. The zero-order chi connectivity index (χ0) is 12.8. The largest absolute Gasteiger partial charge is 0.314 e. The van der Waals surface area contributed by atoms with Gasteiger partial charge < -0.3 is 5.32 Å². The fourth-order valence-electron chi connectivity index (χ4n) is 1.95. The molecule has 0 aliphatic carbocycles. The number of hydrogen-bond acceptors (Lipinski definition) is 1. The van der Waals surface area contributed by atoms with E-state index < -0.39 is 0 Å². The summed E-state index contributed by atoms with van der Waals surface area (Å²) in [7, 11) is 0. The first kappa shape index (κ1) is 14.7. The van der Waals surface area contributed by atoms with Gasteiger partial charge in [0.1, 0.15) is 5.82 Å². The molecule has 1 atom stereocenters. The van der Waals surface area contributed by atoms with E-state index in [1.165, 1.54) is 11.6 Å². The highest BCUT2D eigenvalue weighted by Gasteiger charge is 2.12. The highest BCUT2D eigenvalue weighted by Crippen LogP contribution is 2.19. The average Bonchev–Trinajstić information content (AvgIpc) is 2.28. The van der Waals surface area contributed by atoms with Gasteiger partial charge >= 0.3 is 0 Å². The van der Waals surface area contributed by atoms with E-state index in [2.05, 4.69) is 42.0 Å². The lowest BCUT2D eigenvalue weighted by molar-refractivity contribution is 0.385. The Morgan fingerprint density at radius 3 is 2.59 bits per heavy atom. The SMILES string of the molecule is CCNC(CCc1ccc(F)c(Br)c1)C(C)C. The van der Waals surface area contributed by atoms with Crippen molar-refractivity contribution in [2.24, 2.45) is 5.92 Å². The molecule has 1 rings (SSSR count). The Balaban J connectivity index is 2.56. The molecule has 1 unspecified atom stereocenters. The van der Waals surface area contributed by atoms with E-state index in [4.69, 9.17) is 0 Å². The lowest BCUT2D eigenvalue weighted by Crippen LogP contribution is -2.34. The Kier molecular flexibility index (Phi) is 6.14. The maximum Gasteiger partial charge on any atom is 0.137 e. The molecule has 0 heterocycles. The van der Waals surface area contributed by atoms with Crippen LogP contribution in [0.1, 0.15) is 32.8 Å². The summed E-state index contributed by atoms with van der Waals surface area (Å²) in [4.78, 5) is 0. The molecule has 1 N–H and O–H groups in total. The molecule has 0 aliphatic rings. The van der Waals surface area contributed by atoms with Crippen molar-refractivity contribution >= 4 is 15.9 Å². The summed E-state index contributed by atoms with van der Waals surface area (Å²) in [5, 5.41) is 3.49. The minimum absolute atomic E-state index is 0.194. The molecule has 0 saturated carbocycles. The van der Waals surface area contributed by atoms with E-state index in [1.54, 1.807) is 0 Å². The Labute approximate surface area is 112 Å². The minimum atomic E-state index is -0.194. The second-order valence-corrected chi connectivity index (χ2v) is 5.55. The summed E-state index contributed by atoms with van der Waals surface area (Å²) >= 11 is 3.22. The molecule has 0 amide bonds. The zero-order valence-electron chi connectivity index (χ0n) is 10.8. The molecule has 0 aromatic heterocycles. The molecular formula is C14H21BrFN. The van der Waals surface area contributed by atoms with E-state index in [0.717, 1.165) is 19.4 Å². The van der Waals surface area contributed by atoms with Crippen molar-refractivity contribution in [1.29, 1.82) is 0 Å². The van der Waals surface area contributed by atoms with E-state index in [-0.39, 0.29) is 5.82 Å². The van der Waals surface area contributed by atoms with Gasteiger partial charge in [-0.2, -0.15) is 0 Å². The van der Waals surface area contributed by atoms with Crippen molar-refractivity contribution in [2.75, 3.05) is 6.54 Å². The van der Waals surface area contributed by atoms with E-state index in [1.807, 2.05) is 12.1 Å². The topological polar surface area (TPSA) is 12.0 Å². The van der Waals surface area contributed by atoms with Crippen molar-refractivity contribution < 1.29 is 4.39 Å². The van der Waals surface area contributed by atoms with Crippen LogP contribution in [0.3, 0.4) is 0 Å². The van der Waals surface area contributed by atoms with Crippen LogP contribution >= 0.6 is 15.9 Å². The smallest absolute Gasteiger partial charge is 0.137 e. The first-order valence-corrected chi connectivity index (χ1v) is 7.01. The number of aryl methyl sites for hydroxylation is 1. The van der Waals surface area contributed by atoms with Gasteiger partial charge in [-0.15, -0.1) is 0 Å². The summed E-state index contributed by atoms with van der Waals surface area (Å²) in [5.41, 5.74) is 1.18. The first-order chi connectivity index (χ1) is 8.04. The van der Waals surface area contributed by atoms with Crippen LogP contribution in [0, 0.1) is 11.7 Å². The number of rotatable bonds is 6. The average molecular weight is 302 g/mol. The van der Waals surface area contributed by atoms with Crippen molar-refractivity contribution in [3.8, 4) is 0 Å². The molecule has 0 bridgehead atoms. The maximum atomic E-state index is 13.1.